The summed E-state index contributed by atoms with van der Waals surface area (Å²) in [5.74, 6) is 5.28. The molecule has 0 saturated heterocycles. The van der Waals surface area contributed by atoms with Gasteiger partial charge in [0.1, 0.15) is 0 Å². The maximum absolute atomic E-state index is 4.73. The van der Waals surface area contributed by atoms with Crippen molar-refractivity contribution < 1.29 is 4.84 Å². The van der Waals surface area contributed by atoms with Crippen molar-refractivity contribution in [1.82, 2.24) is 6.15 Å². The fourth-order valence-corrected chi connectivity index (χ4v) is 0.192. The van der Waals surface area contributed by atoms with Gasteiger partial charge in [0.15, 0.2) is 0 Å². The summed E-state index contributed by atoms with van der Waals surface area (Å²) in [6, 6.07) is 0. The van der Waals surface area contributed by atoms with Crippen molar-refractivity contribution >= 4 is 0 Å². The largest absolute Gasteiger partial charge is 0.344 e. The monoisotopic (exact) mass is 106 g/mol. The summed E-state index contributed by atoms with van der Waals surface area (Å²) in [7, 11) is 0. The second-order valence-corrected chi connectivity index (χ2v) is 1.73. The van der Waals surface area contributed by atoms with Crippen molar-refractivity contribution in [3.63, 3.8) is 0 Å². The van der Waals surface area contributed by atoms with Crippen LogP contribution < -0.4 is 12.0 Å². The van der Waals surface area contributed by atoms with Crippen LogP contribution in [0.3, 0.4) is 0 Å². The van der Waals surface area contributed by atoms with Crippen LogP contribution in [0.5, 0.6) is 0 Å². The van der Waals surface area contributed by atoms with E-state index in [1.54, 1.807) is 0 Å². The molecular formula is C4H14N2O. The highest BCUT2D eigenvalue weighted by Gasteiger charge is 1.86. The van der Waals surface area contributed by atoms with Gasteiger partial charge in [-0.1, -0.05) is 13.8 Å². The Morgan fingerprint density at radius 2 is 2.00 bits per heavy atom. The van der Waals surface area contributed by atoms with Gasteiger partial charge < -0.3 is 11.0 Å². The molecule has 7 heavy (non-hydrogen) atoms. The van der Waals surface area contributed by atoms with Crippen LogP contribution in [-0.4, -0.2) is 6.61 Å². The van der Waals surface area contributed by atoms with Crippen LogP contribution in [0, 0.1) is 5.92 Å². The number of hydrogen-bond acceptors (Lipinski definition) is 3. The van der Waals surface area contributed by atoms with Gasteiger partial charge in [0.05, 0.1) is 6.61 Å². The standard InChI is InChI=1S/C4H11NO.H3N/c1-4(2)3-6-5;/h4H,3,5H2,1-2H3;1H3. The first kappa shape index (κ1) is 9.99. The molecule has 0 bridgehead atoms. The molecule has 0 unspecified atom stereocenters. The van der Waals surface area contributed by atoms with Crippen molar-refractivity contribution in [2.45, 2.75) is 13.8 Å². The van der Waals surface area contributed by atoms with Crippen LogP contribution in [-0.2, 0) is 4.84 Å². The predicted octanol–water partition coefficient (Wildman–Crippen LogP) is 0.695. The van der Waals surface area contributed by atoms with Crippen molar-refractivity contribution in [1.29, 1.82) is 0 Å². The first-order valence-electron chi connectivity index (χ1n) is 2.09. The third kappa shape index (κ3) is 10.7. The number of hydrogen-bond donors (Lipinski definition) is 2. The highest BCUT2D eigenvalue weighted by Crippen LogP contribution is 1.86. The van der Waals surface area contributed by atoms with Gasteiger partial charge in [-0.25, -0.2) is 5.90 Å². The molecule has 0 heterocycles. The predicted molar refractivity (Wildman–Crippen MR) is 30.0 cm³/mol. The Balaban J connectivity index is 0. The molecule has 5 N–H and O–H groups in total. The minimum absolute atomic E-state index is 0. The molecule has 0 atom stereocenters. The smallest absolute Gasteiger partial charge is 0.0702 e. The van der Waals surface area contributed by atoms with E-state index < -0.39 is 0 Å². The Morgan fingerprint density at radius 1 is 1.57 bits per heavy atom. The maximum Gasteiger partial charge on any atom is 0.0702 e. The lowest BCUT2D eigenvalue weighted by molar-refractivity contribution is 0.112. The van der Waals surface area contributed by atoms with Gasteiger partial charge in [0, 0.05) is 0 Å². The topological polar surface area (TPSA) is 70.2 Å². The van der Waals surface area contributed by atoms with E-state index in [-0.39, 0.29) is 6.15 Å². The molecule has 0 fully saturated rings. The summed E-state index contributed by atoms with van der Waals surface area (Å²) in [6.45, 7) is 4.75. The lowest BCUT2D eigenvalue weighted by Crippen LogP contribution is -2.05. The van der Waals surface area contributed by atoms with Gasteiger partial charge >= 0.3 is 0 Å². The van der Waals surface area contributed by atoms with Crippen molar-refractivity contribution in [3.8, 4) is 0 Å². The summed E-state index contributed by atoms with van der Waals surface area (Å²) in [5.41, 5.74) is 0. The van der Waals surface area contributed by atoms with E-state index in [9.17, 15) is 0 Å². The highest BCUT2D eigenvalue weighted by molar-refractivity contribution is 4.34. The second-order valence-electron chi connectivity index (χ2n) is 1.73. The number of nitrogens with two attached hydrogens (primary N) is 1. The molecule has 0 saturated carbocycles. The molecule has 0 radical (unpaired) electrons. The van der Waals surface area contributed by atoms with Crippen LogP contribution in [0.2, 0.25) is 0 Å². The molecule has 46 valence electrons. The molecule has 0 aromatic heterocycles. The Morgan fingerprint density at radius 3 is 2.00 bits per heavy atom. The van der Waals surface area contributed by atoms with E-state index >= 15 is 0 Å². The summed E-state index contributed by atoms with van der Waals surface area (Å²) < 4.78 is 0. The van der Waals surface area contributed by atoms with E-state index in [4.69, 9.17) is 5.90 Å². The Bertz CT molecular complexity index is 30.9. The molecular weight excluding hydrogens is 92.1 g/mol. The number of rotatable bonds is 2. The zero-order valence-electron chi connectivity index (χ0n) is 4.98. The molecule has 0 aromatic carbocycles. The van der Waals surface area contributed by atoms with E-state index in [2.05, 4.69) is 4.84 Å². The van der Waals surface area contributed by atoms with Gasteiger partial charge in [0.25, 0.3) is 0 Å². The molecule has 0 aliphatic carbocycles. The third-order valence-corrected chi connectivity index (χ3v) is 0.430. The van der Waals surface area contributed by atoms with Crippen LogP contribution in [0.1, 0.15) is 13.8 Å². The quantitative estimate of drug-likeness (QED) is 0.509. The fraction of sp³-hybridized carbons (Fsp3) is 1.00. The van der Waals surface area contributed by atoms with Gasteiger partial charge in [-0.05, 0) is 5.92 Å². The zero-order valence-corrected chi connectivity index (χ0v) is 4.98. The van der Waals surface area contributed by atoms with E-state index in [1.165, 1.54) is 0 Å². The van der Waals surface area contributed by atoms with Crippen LogP contribution in [0.25, 0.3) is 0 Å². The maximum atomic E-state index is 4.73. The molecule has 3 heteroatoms. The molecule has 0 rings (SSSR count). The second kappa shape index (κ2) is 5.88. The molecule has 0 spiro atoms. The van der Waals surface area contributed by atoms with Gasteiger partial charge in [0.2, 0.25) is 0 Å². The normalized spacial score (nSPS) is 8.57. The van der Waals surface area contributed by atoms with Crippen LogP contribution in [0.4, 0.5) is 0 Å². The highest BCUT2D eigenvalue weighted by atomic mass is 16.6. The van der Waals surface area contributed by atoms with Crippen molar-refractivity contribution in [3.05, 3.63) is 0 Å². The SMILES string of the molecule is CC(C)CON.N. The molecule has 0 aliphatic heterocycles. The minimum Gasteiger partial charge on any atom is -0.344 e. The minimum atomic E-state index is 0. The fourth-order valence-electron chi connectivity index (χ4n) is 0.192. The summed E-state index contributed by atoms with van der Waals surface area (Å²) in [6.07, 6.45) is 0. The van der Waals surface area contributed by atoms with E-state index in [0.717, 1.165) is 0 Å². The summed E-state index contributed by atoms with van der Waals surface area (Å²) in [5, 5.41) is 0. The molecule has 3 nitrogen and oxygen atoms in total. The molecule has 0 aromatic rings. The van der Waals surface area contributed by atoms with Crippen LogP contribution in [0.15, 0.2) is 0 Å². The zero-order chi connectivity index (χ0) is 4.99. The van der Waals surface area contributed by atoms with Gasteiger partial charge in [-0.2, -0.15) is 0 Å². The first-order chi connectivity index (χ1) is 2.77. The first-order valence-corrected chi connectivity index (χ1v) is 2.09. The molecule has 0 aliphatic rings. The lowest BCUT2D eigenvalue weighted by atomic mass is 10.2. The van der Waals surface area contributed by atoms with Gasteiger partial charge in [-0.15, -0.1) is 0 Å². The lowest BCUT2D eigenvalue weighted by Gasteiger charge is -1.96. The Kier molecular flexibility index (Phi) is 8.39. The van der Waals surface area contributed by atoms with E-state index in [0.29, 0.717) is 12.5 Å². The van der Waals surface area contributed by atoms with Crippen molar-refractivity contribution in [2.24, 2.45) is 11.8 Å². The summed E-state index contributed by atoms with van der Waals surface area (Å²) >= 11 is 0. The van der Waals surface area contributed by atoms with Crippen LogP contribution >= 0.6 is 0 Å². The Labute approximate surface area is 44.4 Å². The average molecular weight is 106 g/mol. The van der Waals surface area contributed by atoms with Crippen molar-refractivity contribution in [2.75, 3.05) is 6.61 Å². The third-order valence-electron chi connectivity index (χ3n) is 0.430. The Hall–Kier alpha value is -0.120. The van der Waals surface area contributed by atoms with Gasteiger partial charge in [-0.3, -0.25) is 0 Å². The van der Waals surface area contributed by atoms with E-state index in [1.807, 2.05) is 13.8 Å². The molecule has 0 amide bonds. The average Bonchev–Trinajstić information content (AvgIpc) is 1.35. The summed E-state index contributed by atoms with van der Waals surface area (Å²) in [4.78, 5) is 4.30.